The van der Waals surface area contributed by atoms with Crippen LogP contribution in [0.4, 0.5) is 0 Å². The topological polar surface area (TPSA) is 92.5 Å². The quantitative estimate of drug-likeness (QED) is 0.581. The standard InChI is InChI=1S/C25H30N2O6/c1-17(2)33-19-8-6-18(7-9-19)22-21(23(28)20-5-3-14-32-20)24(29)25(30)27(22)11-4-10-26-12-15-31-16-13-26/h3,5-9,14,17,22,29H,4,10-13,15-16H2,1-2H3/t22-/m1/s1. The van der Waals surface area contributed by atoms with E-state index in [-0.39, 0.29) is 17.4 Å². The van der Waals surface area contributed by atoms with Crippen molar-refractivity contribution in [2.75, 3.05) is 39.4 Å². The van der Waals surface area contributed by atoms with E-state index in [1.807, 2.05) is 38.1 Å². The van der Waals surface area contributed by atoms with Gasteiger partial charge in [0.05, 0.1) is 37.2 Å². The maximum atomic E-state index is 13.2. The maximum absolute atomic E-state index is 13.2. The van der Waals surface area contributed by atoms with Gasteiger partial charge in [0, 0.05) is 26.2 Å². The number of ether oxygens (including phenoxy) is 2. The van der Waals surface area contributed by atoms with Crippen molar-refractivity contribution in [3.05, 3.63) is 65.3 Å². The minimum absolute atomic E-state index is 0.0284. The first kappa shape index (κ1) is 23.1. The van der Waals surface area contributed by atoms with Gasteiger partial charge in [-0.05, 0) is 50.1 Å². The lowest BCUT2D eigenvalue weighted by atomic mass is 9.95. The van der Waals surface area contributed by atoms with E-state index in [2.05, 4.69) is 4.90 Å². The third kappa shape index (κ3) is 5.12. The Kier molecular flexibility index (Phi) is 7.15. The summed E-state index contributed by atoms with van der Waals surface area (Å²) in [7, 11) is 0. The molecule has 33 heavy (non-hydrogen) atoms. The maximum Gasteiger partial charge on any atom is 0.290 e. The van der Waals surface area contributed by atoms with Crippen molar-refractivity contribution in [3.63, 3.8) is 0 Å². The van der Waals surface area contributed by atoms with Gasteiger partial charge in [-0.2, -0.15) is 0 Å². The van der Waals surface area contributed by atoms with Gasteiger partial charge in [0.1, 0.15) is 5.75 Å². The number of aliphatic hydroxyl groups excluding tert-OH is 1. The Morgan fingerprint density at radius 3 is 2.52 bits per heavy atom. The highest BCUT2D eigenvalue weighted by atomic mass is 16.5. The number of nitrogens with zero attached hydrogens (tertiary/aromatic N) is 2. The minimum atomic E-state index is -0.701. The van der Waals surface area contributed by atoms with Gasteiger partial charge in [-0.25, -0.2) is 0 Å². The highest BCUT2D eigenvalue weighted by Gasteiger charge is 2.44. The zero-order valence-electron chi connectivity index (χ0n) is 19.0. The summed E-state index contributed by atoms with van der Waals surface area (Å²) in [6, 6.07) is 9.73. The molecule has 2 aliphatic rings. The van der Waals surface area contributed by atoms with E-state index in [1.54, 1.807) is 11.0 Å². The summed E-state index contributed by atoms with van der Waals surface area (Å²) in [4.78, 5) is 30.1. The Balaban J connectivity index is 1.59. The molecule has 1 atom stereocenters. The van der Waals surface area contributed by atoms with Gasteiger partial charge in [-0.15, -0.1) is 0 Å². The number of ketones is 1. The summed E-state index contributed by atoms with van der Waals surface area (Å²) in [5, 5.41) is 10.7. The van der Waals surface area contributed by atoms with Crippen LogP contribution in [0.3, 0.4) is 0 Å². The lowest BCUT2D eigenvalue weighted by Crippen LogP contribution is -2.39. The summed E-state index contributed by atoms with van der Waals surface area (Å²) in [6.07, 6.45) is 2.14. The number of furan rings is 1. The second-order valence-electron chi connectivity index (χ2n) is 8.51. The largest absolute Gasteiger partial charge is 0.503 e. The van der Waals surface area contributed by atoms with E-state index >= 15 is 0 Å². The number of morpholine rings is 1. The predicted octanol–water partition coefficient (Wildman–Crippen LogP) is 3.37. The third-order valence-electron chi connectivity index (χ3n) is 5.84. The molecule has 1 saturated heterocycles. The van der Waals surface area contributed by atoms with Crippen LogP contribution in [-0.2, 0) is 9.53 Å². The Morgan fingerprint density at radius 1 is 1.15 bits per heavy atom. The number of Topliss-reactive ketones (excluding diaryl/α,β-unsaturated/α-hetero) is 1. The van der Waals surface area contributed by atoms with E-state index in [0.29, 0.717) is 31.9 Å². The molecule has 1 amide bonds. The lowest BCUT2D eigenvalue weighted by Gasteiger charge is -2.30. The summed E-state index contributed by atoms with van der Waals surface area (Å²) < 4.78 is 16.4. The molecule has 0 aliphatic carbocycles. The molecule has 1 fully saturated rings. The predicted molar refractivity (Wildman–Crippen MR) is 121 cm³/mol. The molecule has 1 aromatic heterocycles. The van der Waals surface area contributed by atoms with E-state index in [0.717, 1.165) is 25.2 Å². The van der Waals surface area contributed by atoms with Crippen LogP contribution in [-0.4, -0.2) is 72.1 Å². The van der Waals surface area contributed by atoms with Gasteiger partial charge < -0.3 is 23.9 Å². The van der Waals surface area contributed by atoms with Crippen LogP contribution >= 0.6 is 0 Å². The van der Waals surface area contributed by atoms with Crippen molar-refractivity contribution in [2.45, 2.75) is 32.4 Å². The number of rotatable bonds is 9. The fraction of sp³-hybridized carbons (Fsp3) is 0.440. The fourth-order valence-electron chi connectivity index (χ4n) is 4.29. The molecule has 4 rings (SSSR count). The van der Waals surface area contributed by atoms with Gasteiger partial charge in [-0.3, -0.25) is 14.5 Å². The number of hydrogen-bond donors (Lipinski definition) is 1. The number of amides is 1. The summed E-state index contributed by atoms with van der Waals surface area (Å²) in [5.74, 6) is -0.767. The number of benzene rings is 1. The number of aliphatic hydroxyl groups is 1. The molecular weight excluding hydrogens is 424 g/mol. The zero-order valence-corrected chi connectivity index (χ0v) is 19.0. The van der Waals surface area contributed by atoms with Crippen LogP contribution in [0.15, 0.2) is 58.4 Å². The van der Waals surface area contributed by atoms with Crippen LogP contribution < -0.4 is 4.74 Å². The van der Waals surface area contributed by atoms with Crippen LogP contribution in [0.1, 0.15) is 42.4 Å². The molecule has 0 saturated carbocycles. The highest BCUT2D eigenvalue weighted by molar-refractivity contribution is 6.15. The Morgan fingerprint density at radius 2 is 1.88 bits per heavy atom. The first-order valence-electron chi connectivity index (χ1n) is 11.3. The monoisotopic (exact) mass is 454 g/mol. The van der Waals surface area contributed by atoms with Gasteiger partial charge in [-0.1, -0.05) is 12.1 Å². The SMILES string of the molecule is CC(C)Oc1ccc([C@@H]2C(C(=O)c3ccco3)=C(O)C(=O)N2CCCN2CCOCC2)cc1. The lowest BCUT2D eigenvalue weighted by molar-refractivity contribution is -0.129. The van der Waals surface area contributed by atoms with Crippen LogP contribution in [0.5, 0.6) is 5.75 Å². The summed E-state index contributed by atoms with van der Waals surface area (Å²) in [5.41, 5.74) is 0.767. The van der Waals surface area contributed by atoms with Crippen molar-refractivity contribution in [3.8, 4) is 5.75 Å². The Hall–Kier alpha value is -3.10. The molecular formula is C25H30N2O6. The van der Waals surface area contributed by atoms with Crippen molar-refractivity contribution in [1.29, 1.82) is 0 Å². The van der Waals surface area contributed by atoms with E-state index in [4.69, 9.17) is 13.9 Å². The van der Waals surface area contributed by atoms with Gasteiger partial charge in [0.15, 0.2) is 11.5 Å². The average molecular weight is 455 g/mol. The Labute approximate surface area is 193 Å². The van der Waals surface area contributed by atoms with Crippen LogP contribution in [0, 0.1) is 0 Å². The third-order valence-corrected chi connectivity index (χ3v) is 5.84. The molecule has 8 nitrogen and oxygen atoms in total. The summed E-state index contributed by atoms with van der Waals surface area (Å²) >= 11 is 0. The van der Waals surface area contributed by atoms with Gasteiger partial charge in [0.25, 0.3) is 5.91 Å². The molecule has 2 aliphatic heterocycles. The van der Waals surface area contributed by atoms with Crippen molar-refractivity contribution >= 4 is 11.7 Å². The van der Waals surface area contributed by atoms with E-state index in [9.17, 15) is 14.7 Å². The first-order chi connectivity index (χ1) is 16.0. The van der Waals surface area contributed by atoms with E-state index < -0.39 is 23.5 Å². The molecule has 1 N–H and O–H groups in total. The molecule has 176 valence electrons. The highest BCUT2D eigenvalue weighted by Crippen LogP contribution is 2.39. The summed E-state index contributed by atoms with van der Waals surface area (Å²) in [6.45, 7) is 8.25. The van der Waals surface area contributed by atoms with Crippen LogP contribution in [0.25, 0.3) is 0 Å². The molecule has 3 heterocycles. The molecule has 1 aromatic carbocycles. The molecule has 0 unspecified atom stereocenters. The molecule has 0 bridgehead atoms. The second kappa shape index (κ2) is 10.2. The van der Waals surface area contributed by atoms with Crippen molar-refractivity contribution < 1.29 is 28.6 Å². The number of carbonyl (C=O) groups excluding carboxylic acids is 2. The number of carbonyl (C=O) groups is 2. The smallest absolute Gasteiger partial charge is 0.290 e. The zero-order chi connectivity index (χ0) is 23.4. The first-order valence-corrected chi connectivity index (χ1v) is 11.3. The number of hydrogen-bond acceptors (Lipinski definition) is 7. The van der Waals surface area contributed by atoms with Crippen LogP contribution in [0.2, 0.25) is 0 Å². The molecule has 2 aromatic rings. The van der Waals surface area contributed by atoms with Crippen molar-refractivity contribution in [1.82, 2.24) is 9.80 Å². The average Bonchev–Trinajstić information content (AvgIpc) is 3.43. The normalized spacial score (nSPS) is 19.5. The second-order valence-corrected chi connectivity index (χ2v) is 8.51. The van der Waals surface area contributed by atoms with Gasteiger partial charge in [0.2, 0.25) is 5.78 Å². The Bertz CT molecular complexity index is 990. The molecule has 8 heteroatoms. The molecule has 0 spiro atoms. The van der Waals surface area contributed by atoms with Gasteiger partial charge >= 0.3 is 0 Å². The van der Waals surface area contributed by atoms with E-state index in [1.165, 1.54) is 12.3 Å². The minimum Gasteiger partial charge on any atom is -0.503 e. The van der Waals surface area contributed by atoms with Crippen molar-refractivity contribution in [2.24, 2.45) is 0 Å². The fourth-order valence-corrected chi connectivity index (χ4v) is 4.29. The molecule has 0 radical (unpaired) electrons.